The van der Waals surface area contributed by atoms with E-state index in [0.29, 0.717) is 35.9 Å². The third-order valence-electron chi connectivity index (χ3n) is 7.35. The lowest BCUT2D eigenvalue weighted by Gasteiger charge is -2.28. The number of benzene rings is 3. The van der Waals surface area contributed by atoms with Gasteiger partial charge in [-0.2, -0.15) is 0 Å². The molecule has 1 fully saturated rings. The van der Waals surface area contributed by atoms with Crippen molar-refractivity contribution in [2.75, 3.05) is 30.0 Å². The molecule has 5 rings (SSSR count). The molecule has 1 atom stereocenters. The van der Waals surface area contributed by atoms with Gasteiger partial charge in [0, 0.05) is 18.3 Å². The molecular formula is C33H36N2O5. The quantitative estimate of drug-likeness (QED) is 0.235. The highest BCUT2D eigenvalue weighted by Crippen LogP contribution is 2.44. The van der Waals surface area contributed by atoms with Gasteiger partial charge in [0.2, 0.25) is 0 Å². The third kappa shape index (κ3) is 5.04. The van der Waals surface area contributed by atoms with E-state index in [1.807, 2.05) is 50.1 Å². The number of ether oxygens (including phenoxy) is 2. The van der Waals surface area contributed by atoms with Gasteiger partial charge in [-0.15, -0.1) is 0 Å². The molecule has 0 spiro atoms. The highest BCUT2D eigenvalue weighted by Gasteiger charge is 2.47. The van der Waals surface area contributed by atoms with E-state index in [2.05, 4.69) is 20.8 Å². The van der Waals surface area contributed by atoms with Crippen LogP contribution in [0.4, 0.5) is 11.4 Å². The molecule has 1 unspecified atom stereocenters. The molecular weight excluding hydrogens is 504 g/mol. The van der Waals surface area contributed by atoms with Gasteiger partial charge in [-0.25, -0.2) is 0 Å². The Balaban J connectivity index is 1.65. The number of carbonyl (C=O) groups excluding carboxylic acids is 2. The number of rotatable bonds is 5. The van der Waals surface area contributed by atoms with Crippen molar-refractivity contribution < 1.29 is 24.2 Å². The van der Waals surface area contributed by atoms with E-state index in [-0.39, 0.29) is 22.9 Å². The van der Waals surface area contributed by atoms with Gasteiger partial charge in [0.15, 0.2) is 0 Å². The Morgan fingerprint density at radius 3 is 2.30 bits per heavy atom. The van der Waals surface area contributed by atoms with Gasteiger partial charge in [-0.3, -0.25) is 14.5 Å². The van der Waals surface area contributed by atoms with Crippen LogP contribution < -0.4 is 19.3 Å². The van der Waals surface area contributed by atoms with E-state index in [1.54, 1.807) is 42.5 Å². The van der Waals surface area contributed by atoms with Crippen LogP contribution in [-0.2, 0) is 15.0 Å². The fourth-order valence-electron chi connectivity index (χ4n) is 5.19. The summed E-state index contributed by atoms with van der Waals surface area (Å²) >= 11 is 0. The average Bonchev–Trinajstić information content (AvgIpc) is 3.18. The predicted molar refractivity (Wildman–Crippen MR) is 157 cm³/mol. The Kier molecular flexibility index (Phi) is 7.08. The standard InChI is InChI=1S/C33H36N2O5/c1-20(2)40-25-14-12-24(13-15-25)35-29(21-7-10-23(11-8-21)33(3,4)5)28(31(37)32(35)38)30(36)22-9-16-27-26(19-22)34(6)17-18-39-27/h7-16,19-20,29,36H,17-18H2,1-6H3/b30-28-. The molecule has 0 bridgehead atoms. The van der Waals surface area contributed by atoms with Crippen LogP contribution in [0.5, 0.6) is 11.5 Å². The molecule has 2 aliphatic rings. The van der Waals surface area contributed by atoms with Crippen LogP contribution in [0.25, 0.3) is 5.76 Å². The number of ketones is 1. The molecule has 208 valence electrons. The van der Waals surface area contributed by atoms with Crippen molar-refractivity contribution in [1.82, 2.24) is 0 Å². The average molecular weight is 541 g/mol. The van der Waals surface area contributed by atoms with Gasteiger partial charge in [0.05, 0.1) is 30.0 Å². The molecule has 2 heterocycles. The summed E-state index contributed by atoms with van der Waals surface area (Å²) in [6, 6.07) is 19.5. The Hall–Kier alpha value is -4.26. The fraction of sp³-hybridized carbons (Fsp3) is 0.333. The largest absolute Gasteiger partial charge is 0.507 e. The maximum atomic E-state index is 13.6. The highest BCUT2D eigenvalue weighted by atomic mass is 16.5. The van der Waals surface area contributed by atoms with Gasteiger partial charge >= 0.3 is 0 Å². The maximum absolute atomic E-state index is 13.6. The van der Waals surface area contributed by atoms with Gasteiger partial charge in [-0.1, -0.05) is 45.0 Å². The molecule has 1 N–H and O–H groups in total. The van der Waals surface area contributed by atoms with E-state index >= 15 is 0 Å². The van der Waals surface area contributed by atoms with Crippen LogP contribution in [0, 0.1) is 0 Å². The lowest BCUT2D eigenvalue weighted by molar-refractivity contribution is -0.132. The number of carbonyl (C=O) groups is 2. The van der Waals surface area contributed by atoms with Crippen molar-refractivity contribution in [3.63, 3.8) is 0 Å². The number of aliphatic hydroxyl groups is 1. The van der Waals surface area contributed by atoms with E-state index in [0.717, 1.165) is 16.8 Å². The molecule has 1 amide bonds. The number of Topliss-reactive ketones (excluding diaryl/α,β-unsaturated/α-hetero) is 1. The van der Waals surface area contributed by atoms with Crippen molar-refractivity contribution >= 4 is 28.8 Å². The van der Waals surface area contributed by atoms with Crippen LogP contribution in [0.2, 0.25) is 0 Å². The molecule has 7 heteroatoms. The Labute approximate surface area is 235 Å². The number of nitrogens with zero attached hydrogens (tertiary/aromatic N) is 2. The van der Waals surface area contributed by atoms with Crippen LogP contribution in [0.1, 0.15) is 57.4 Å². The molecule has 0 saturated carbocycles. The first-order valence-corrected chi connectivity index (χ1v) is 13.6. The number of amides is 1. The van der Waals surface area contributed by atoms with Crippen molar-refractivity contribution in [2.24, 2.45) is 0 Å². The topological polar surface area (TPSA) is 79.3 Å². The molecule has 3 aromatic rings. The molecule has 7 nitrogen and oxygen atoms in total. The Bertz CT molecular complexity index is 1470. The zero-order valence-corrected chi connectivity index (χ0v) is 23.9. The number of hydrogen-bond acceptors (Lipinski definition) is 6. The molecule has 0 aliphatic carbocycles. The smallest absolute Gasteiger partial charge is 0.300 e. The minimum atomic E-state index is -0.809. The van der Waals surface area contributed by atoms with Crippen molar-refractivity contribution in [1.29, 1.82) is 0 Å². The van der Waals surface area contributed by atoms with Crippen LogP contribution in [0.15, 0.2) is 72.3 Å². The van der Waals surface area contributed by atoms with E-state index in [4.69, 9.17) is 9.47 Å². The SMILES string of the molecule is CC(C)Oc1ccc(N2C(=O)C(=O)/C(=C(\O)c3ccc4c(c3)N(C)CCO4)C2c2ccc(C(C)(C)C)cc2)cc1. The van der Waals surface area contributed by atoms with Crippen molar-refractivity contribution in [3.8, 4) is 11.5 Å². The molecule has 0 radical (unpaired) electrons. The zero-order chi connectivity index (χ0) is 28.8. The summed E-state index contributed by atoms with van der Waals surface area (Å²) < 4.78 is 11.5. The second-order valence-corrected chi connectivity index (χ2v) is 11.7. The van der Waals surface area contributed by atoms with Crippen molar-refractivity contribution in [2.45, 2.75) is 52.2 Å². The molecule has 1 saturated heterocycles. The zero-order valence-electron chi connectivity index (χ0n) is 23.9. The lowest BCUT2D eigenvalue weighted by atomic mass is 9.85. The first-order valence-electron chi connectivity index (χ1n) is 13.6. The summed E-state index contributed by atoms with van der Waals surface area (Å²) in [6.45, 7) is 11.6. The fourth-order valence-corrected chi connectivity index (χ4v) is 5.19. The minimum absolute atomic E-state index is 0.00229. The normalized spacial score (nSPS) is 18.6. The second-order valence-electron chi connectivity index (χ2n) is 11.7. The summed E-state index contributed by atoms with van der Waals surface area (Å²) in [5.41, 5.74) is 3.65. The number of hydrogen-bond donors (Lipinski definition) is 1. The lowest BCUT2D eigenvalue weighted by Crippen LogP contribution is -2.29. The number of likely N-dealkylation sites (N-methyl/N-ethyl adjacent to an activating group) is 1. The van der Waals surface area contributed by atoms with E-state index < -0.39 is 17.7 Å². The Morgan fingerprint density at radius 1 is 1.00 bits per heavy atom. The van der Waals surface area contributed by atoms with Gasteiger partial charge < -0.3 is 19.5 Å². The van der Waals surface area contributed by atoms with Crippen LogP contribution >= 0.6 is 0 Å². The Morgan fingerprint density at radius 2 is 1.68 bits per heavy atom. The molecule has 3 aromatic carbocycles. The molecule has 2 aliphatic heterocycles. The van der Waals surface area contributed by atoms with E-state index in [1.165, 1.54) is 4.90 Å². The molecule has 40 heavy (non-hydrogen) atoms. The summed E-state index contributed by atoms with van der Waals surface area (Å²) in [7, 11) is 1.95. The van der Waals surface area contributed by atoms with Gasteiger partial charge in [-0.05, 0) is 72.9 Å². The van der Waals surface area contributed by atoms with Crippen molar-refractivity contribution in [3.05, 3.63) is 89.0 Å². The number of anilines is 2. The first kappa shape index (κ1) is 27.3. The third-order valence-corrected chi connectivity index (χ3v) is 7.35. The van der Waals surface area contributed by atoms with Gasteiger partial charge in [0.1, 0.15) is 23.9 Å². The first-order chi connectivity index (χ1) is 19.0. The second kappa shape index (κ2) is 10.4. The van der Waals surface area contributed by atoms with Crippen LogP contribution in [-0.4, -0.2) is 43.1 Å². The summed E-state index contributed by atoms with van der Waals surface area (Å²) in [4.78, 5) is 30.7. The minimum Gasteiger partial charge on any atom is -0.507 e. The van der Waals surface area contributed by atoms with Gasteiger partial charge in [0.25, 0.3) is 11.7 Å². The van der Waals surface area contributed by atoms with Crippen LogP contribution in [0.3, 0.4) is 0 Å². The number of fused-ring (bicyclic) bond motifs is 1. The van der Waals surface area contributed by atoms with E-state index in [9.17, 15) is 14.7 Å². The molecule has 0 aromatic heterocycles. The summed E-state index contributed by atoms with van der Waals surface area (Å²) in [6.07, 6.45) is 0.00229. The summed E-state index contributed by atoms with van der Waals surface area (Å²) in [5, 5.41) is 11.6. The maximum Gasteiger partial charge on any atom is 0.300 e. The monoisotopic (exact) mass is 540 g/mol. The summed E-state index contributed by atoms with van der Waals surface area (Å²) in [5.74, 6) is -0.257. The highest BCUT2D eigenvalue weighted by molar-refractivity contribution is 6.51. The predicted octanol–water partition coefficient (Wildman–Crippen LogP) is 6.23. The number of aliphatic hydroxyl groups excluding tert-OH is 1.